The van der Waals surface area contributed by atoms with Crippen LogP contribution in [0.4, 0.5) is 0 Å². The topological polar surface area (TPSA) is 114 Å². The van der Waals surface area contributed by atoms with E-state index < -0.39 is 11.6 Å². The third kappa shape index (κ3) is 4.77. The van der Waals surface area contributed by atoms with Crippen LogP contribution in [0.2, 0.25) is 0 Å². The van der Waals surface area contributed by atoms with Crippen LogP contribution in [-0.4, -0.2) is 24.7 Å². The lowest BCUT2D eigenvalue weighted by Crippen LogP contribution is -2.45. The second kappa shape index (κ2) is 7.86. The number of azide groups is 1. The monoisotopic (exact) mass is 292 g/mol. The van der Waals surface area contributed by atoms with E-state index in [2.05, 4.69) is 15.2 Å². The Morgan fingerprint density at radius 1 is 1.48 bits per heavy atom. The molecule has 0 aliphatic heterocycles. The average molecular weight is 292 g/mol. The van der Waals surface area contributed by atoms with Crippen LogP contribution in [0, 0.1) is 4.91 Å². The molecule has 0 aromatic heterocycles. The van der Waals surface area contributed by atoms with Crippen LogP contribution >= 0.6 is 0 Å². The molecule has 112 valence electrons. The maximum absolute atomic E-state index is 12.0. The Morgan fingerprint density at radius 3 is 2.86 bits per heavy atom. The van der Waals surface area contributed by atoms with Gasteiger partial charge in [0.25, 0.3) is 0 Å². The largest absolute Gasteiger partial charge is 0.476 e. The summed E-state index contributed by atoms with van der Waals surface area (Å²) in [6, 6.07) is 6.61. The van der Waals surface area contributed by atoms with Gasteiger partial charge in [0, 0.05) is 4.91 Å². The molecule has 0 bridgehead atoms. The number of carbonyl (C=O) groups is 1. The zero-order valence-corrected chi connectivity index (χ0v) is 11.9. The fourth-order valence-corrected chi connectivity index (χ4v) is 1.63. The van der Waals surface area contributed by atoms with Crippen molar-refractivity contribution in [2.24, 2.45) is 10.3 Å². The number of hydrogen-bond acceptors (Lipinski definition) is 6. The van der Waals surface area contributed by atoms with Crippen molar-refractivity contribution in [3.05, 3.63) is 45.2 Å². The Bertz CT molecular complexity index is 557. The first-order chi connectivity index (χ1) is 10.1. The van der Waals surface area contributed by atoms with Crippen molar-refractivity contribution in [1.29, 1.82) is 0 Å². The van der Waals surface area contributed by atoms with E-state index in [4.69, 9.17) is 15.0 Å². The summed E-state index contributed by atoms with van der Waals surface area (Å²) in [6.07, 6.45) is 0. The van der Waals surface area contributed by atoms with Gasteiger partial charge in [0.2, 0.25) is 5.60 Å². The van der Waals surface area contributed by atoms with Crippen LogP contribution < -0.4 is 4.74 Å². The summed E-state index contributed by atoms with van der Waals surface area (Å²) in [5.41, 5.74) is 7.64. The van der Waals surface area contributed by atoms with Crippen LogP contribution in [0.15, 0.2) is 34.6 Å². The molecule has 1 rings (SSSR count). The van der Waals surface area contributed by atoms with Crippen LogP contribution in [0.3, 0.4) is 0 Å². The Hall–Kier alpha value is -2.60. The zero-order valence-electron chi connectivity index (χ0n) is 11.9. The molecule has 21 heavy (non-hydrogen) atoms. The first-order valence-electron chi connectivity index (χ1n) is 6.31. The van der Waals surface area contributed by atoms with Crippen molar-refractivity contribution >= 4 is 5.97 Å². The summed E-state index contributed by atoms with van der Waals surface area (Å²) >= 11 is 0. The van der Waals surface area contributed by atoms with E-state index in [1.54, 1.807) is 31.2 Å². The lowest BCUT2D eigenvalue weighted by atomic mass is 10.1. The van der Waals surface area contributed by atoms with Crippen molar-refractivity contribution in [2.75, 3.05) is 13.2 Å². The van der Waals surface area contributed by atoms with Crippen molar-refractivity contribution in [3.63, 3.8) is 0 Å². The van der Waals surface area contributed by atoms with Crippen molar-refractivity contribution in [1.82, 2.24) is 0 Å². The van der Waals surface area contributed by atoms with Crippen LogP contribution in [0.5, 0.6) is 5.75 Å². The van der Waals surface area contributed by atoms with E-state index in [0.717, 1.165) is 0 Å². The van der Waals surface area contributed by atoms with Gasteiger partial charge in [-0.25, -0.2) is 4.79 Å². The molecule has 0 heterocycles. The molecule has 0 saturated carbocycles. The molecule has 8 nitrogen and oxygen atoms in total. The Balaban J connectivity index is 2.99. The van der Waals surface area contributed by atoms with Gasteiger partial charge in [-0.15, -0.1) is 0 Å². The molecular weight excluding hydrogens is 276 g/mol. The van der Waals surface area contributed by atoms with Gasteiger partial charge in [-0.05, 0) is 37.1 Å². The van der Waals surface area contributed by atoms with E-state index in [-0.39, 0.29) is 19.7 Å². The molecule has 8 heteroatoms. The maximum atomic E-state index is 12.0. The van der Waals surface area contributed by atoms with Gasteiger partial charge in [-0.2, -0.15) is 4.91 Å². The van der Waals surface area contributed by atoms with Gasteiger partial charge in [0.15, 0.2) is 0 Å². The summed E-state index contributed by atoms with van der Waals surface area (Å²) in [6.45, 7) is 3.12. The normalized spacial score (nSPS) is 12.7. The summed E-state index contributed by atoms with van der Waals surface area (Å²) in [7, 11) is 0. The van der Waals surface area contributed by atoms with Gasteiger partial charge in [0.05, 0.1) is 13.2 Å². The SMILES string of the molecule is CCOC(=O)C(C)(CN=[N+]=[N-])Oc1cccc(CN=O)c1. The molecule has 1 unspecified atom stereocenters. The Kier molecular flexibility index (Phi) is 6.16. The fraction of sp³-hybridized carbons (Fsp3) is 0.462. The molecule has 1 aromatic rings. The minimum absolute atomic E-state index is 0.00364. The number of rotatable bonds is 8. The van der Waals surface area contributed by atoms with Crippen LogP contribution in [0.1, 0.15) is 19.4 Å². The van der Waals surface area contributed by atoms with Gasteiger partial charge < -0.3 is 9.47 Å². The summed E-state index contributed by atoms with van der Waals surface area (Å²) in [4.78, 5) is 24.9. The molecule has 0 spiro atoms. The number of benzene rings is 1. The van der Waals surface area contributed by atoms with Gasteiger partial charge in [0.1, 0.15) is 12.3 Å². The Morgan fingerprint density at radius 2 is 2.24 bits per heavy atom. The highest BCUT2D eigenvalue weighted by molar-refractivity contribution is 5.80. The highest BCUT2D eigenvalue weighted by atomic mass is 16.6. The number of ether oxygens (including phenoxy) is 2. The number of carbonyl (C=O) groups excluding carboxylic acids is 1. The average Bonchev–Trinajstić information content (AvgIpc) is 2.46. The molecule has 0 aliphatic rings. The number of nitroso groups, excluding NO2 is 1. The number of esters is 1. The zero-order chi connectivity index (χ0) is 15.7. The highest BCUT2D eigenvalue weighted by Crippen LogP contribution is 2.22. The van der Waals surface area contributed by atoms with Gasteiger partial charge in [-0.1, -0.05) is 22.4 Å². The minimum Gasteiger partial charge on any atom is -0.476 e. The van der Waals surface area contributed by atoms with E-state index in [0.29, 0.717) is 11.3 Å². The number of hydrogen-bond donors (Lipinski definition) is 0. The number of nitrogens with zero attached hydrogens (tertiary/aromatic N) is 4. The molecule has 0 radical (unpaired) electrons. The lowest BCUT2D eigenvalue weighted by Gasteiger charge is -2.26. The molecule has 0 fully saturated rings. The molecule has 0 N–H and O–H groups in total. The van der Waals surface area contributed by atoms with Gasteiger partial charge >= 0.3 is 5.97 Å². The van der Waals surface area contributed by atoms with Crippen LogP contribution in [-0.2, 0) is 16.1 Å². The van der Waals surface area contributed by atoms with Crippen molar-refractivity contribution in [3.8, 4) is 5.75 Å². The Labute approximate surface area is 121 Å². The molecule has 0 aliphatic carbocycles. The first-order valence-corrected chi connectivity index (χ1v) is 6.31. The molecule has 0 amide bonds. The predicted octanol–water partition coefficient (Wildman–Crippen LogP) is 2.96. The second-order valence-corrected chi connectivity index (χ2v) is 4.38. The van der Waals surface area contributed by atoms with E-state index in [1.165, 1.54) is 6.92 Å². The van der Waals surface area contributed by atoms with E-state index >= 15 is 0 Å². The van der Waals surface area contributed by atoms with Gasteiger partial charge in [-0.3, -0.25) is 0 Å². The predicted molar refractivity (Wildman–Crippen MR) is 75.6 cm³/mol. The summed E-state index contributed by atoms with van der Waals surface area (Å²) < 4.78 is 10.6. The standard InChI is InChI=1S/C13H16N4O4/c1-3-20-12(18)13(2,9-15-17-14)21-11-6-4-5-10(7-11)8-16-19/h4-7H,3,8-9H2,1-2H3. The maximum Gasteiger partial charge on any atom is 0.350 e. The summed E-state index contributed by atoms with van der Waals surface area (Å²) in [5, 5.41) is 6.18. The van der Waals surface area contributed by atoms with Crippen molar-refractivity contribution in [2.45, 2.75) is 26.0 Å². The second-order valence-electron chi connectivity index (χ2n) is 4.38. The van der Waals surface area contributed by atoms with E-state index in [1.807, 2.05) is 0 Å². The summed E-state index contributed by atoms with van der Waals surface area (Å²) in [5.74, 6) is -0.267. The molecule has 0 saturated heterocycles. The fourth-order valence-electron chi connectivity index (χ4n) is 1.63. The third-order valence-electron chi connectivity index (χ3n) is 2.63. The van der Waals surface area contributed by atoms with E-state index in [9.17, 15) is 9.70 Å². The third-order valence-corrected chi connectivity index (χ3v) is 2.63. The minimum atomic E-state index is -1.44. The molecular formula is C13H16N4O4. The molecule has 1 aromatic carbocycles. The lowest BCUT2D eigenvalue weighted by molar-refractivity contribution is -0.159. The first kappa shape index (κ1) is 16.5. The molecule has 1 atom stereocenters. The quantitative estimate of drug-likeness (QED) is 0.241. The van der Waals surface area contributed by atoms with Crippen molar-refractivity contribution < 1.29 is 14.3 Å². The van der Waals surface area contributed by atoms with Crippen LogP contribution in [0.25, 0.3) is 10.4 Å². The smallest absolute Gasteiger partial charge is 0.350 e. The highest BCUT2D eigenvalue weighted by Gasteiger charge is 2.37.